The Morgan fingerprint density at radius 1 is 1.12 bits per heavy atom. The number of aliphatic carboxylic acids is 1. The van der Waals surface area contributed by atoms with Crippen LogP contribution < -0.4 is 5.32 Å². The summed E-state index contributed by atoms with van der Waals surface area (Å²) in [6.45, 7) is 3.68. The van der Waals surface area contributed by atoms with Crippen LogP contribution in [0.5, 0.6) is 0 Å². The fourth-order valence-corrected chi connectivity index (χ4v) is 2.82. The highest BCUT2D eigenvalue weighted by molar-refractivity contribution is 6.31. The number of benzene rings is 2. The number of hydrogen-bond donors (Lipinski definition) is 2. The smallest absolute Gasteiger partial charge is 0.304 e. The van der Waals surface area contributed by atoms with Crippen molar-refractivity contribution in [3.63, 3.8) is 0 Å². The van der Waals surface area contributed by atoms with E-state index in [1.54, 1.807) is 18.2 Å². The molecule has 0 saturated heterocycles. The van der Waals surface area contributed by atoms with Gasteiger partial charge in [0.15, 0.2) is 0 Å². The molecule has 126 valence electrons. The predicted octanol–water partition coefficient (Wildman–Crippen LogP) is 4.48. The third-order valence-electron chi connectivity index (χ3n) is 4.19. The van der Waals surface area contributed by atoms with Gasteiger partial charge in [-0.05, 0) is 36.1 Å². The van der Waals surface area contributed by atoms with Gasteiger partial charge in [-0.2, -0.15) is 0 Å². The molecular formula is C19H20ClNO3. The van der Waals surface area contributed by atoms with E-state index in [-0.39, 0.29) is 18.2 Å². The van der Waals surface area contributed by atoms with E-state index in [1.807, 2.05) is 44.2 Å². The van der Waals surface area contributed by atoms with Crippen LogP contribution in [0.1, 0.15) is 30.4 Å². The number of carbonyl (C=O) groups is 2. The van der Waals surface area contributed by atoms with Crippen molar-refractivity contribution < 1.29 is 14.7 Å². The second-order valence-electron chi connectivity index (χ2n) is 5.81. The van der Waals surface area contributed by atoms with Crippen molar-refractivity contribution in [1.82, 2.24) is 0 Å². The number of carboxylic acids is 1. The molecule has 0 spiro atoms. The zero-order valence-corrected chi connectivity index (χ0v) is 14.4. The van der Waals surface area contributed by atoms with Gasteiger partial charge in [0, 0.05) is 10.7 Å². The zero-order chi connectivity index (χ0) is 17.7. The Kier molecular flexibility index (Phi) is 5.99. The van der Waals surface area contributed by atoms with Crippen molar-refractivity contribution in [2.45, 2.75) is 26.2 Å². The van der Waals surface area contributed by atoms with Crippen LogP contribution in [0.25, 0.3) is 0 Å². The van der Waals surface area contributed by atoms with Crippen LogP contribution in [-0.4, -0.2) is 17.0 Å². The van der Waals surface area contributed by atoms with E-state index >= 15 is 0 Å². The highest BCUT2D eigenvalue weighted by Crippen LogP contribution is 2.29. The molecule has 2 aromatic rings. The van der Waals surface area contributed by atoms with Crippen molar-refractivity contribution in [2.75, 3.05) is 5.32 Å². The van der Waals surface area contributed by atoms with Gasteiger partial charge in [0.1, 0.15) is 0 Å². The van der Waals surface area contributed by atoms with Crippen LogP contribution in [0.15, 0.2) is 48.5 Å². The molecule has 0 aliphatic carbocycles. The predicted molar refractivity (Wildman–Crippen MR) is 95.4 cm³/mol. The van der Waals surface area contributed by atoms with Crippen LogP contribution in [0, 0.1) is 12.8 Å². The van der Waals surface area contributed by atoms with Gasteiger partial charge in [-0.1, -0.05) is 54.9 Å². The van der Waals surface area contributed by atoms with Gasteiger partial charge < -0.3 is 10.4 Å². The van der Waals surface area contributed by atoms with Gasteiger partial charge in [0.2, 0.25) is 5.91 Å². The lowest BCUT2D eigenvalue weighted by Gasteiger charge is -2.23. The monoisotopic (exact) mass is 345 g/mol. The summed E-state index contributed by atoms with van der Waals surface area (Å²) in [7, 11) is 0. The number of hydrogen-bond acceptors (Lipinski definition) is 2. The van der Waals surface area contributed by atoms with E-state index in [0.717, 1.165) is 11.1 Å². The lowest BCUT2D eigenvalue weighted by molar-refractivity contribution is -0.140. The van der Waals surface area contributed by atoms with Crippen molar-refractivity contribution in [1.29, 1.82) is 0 Å². The standard InChI is InChI=1S/C19H20ClNO3/c1-12(14-7-4-3-5-8-14)15(11-18(22)23)19(24)21-17-10-6-9-16(20)13(17)2/h3-10,12,15H,11H2,1-2H3,(H,21,24)(H,22,23). The highest BCUT2D eigenvalue weighted by Gasteiger charge is 2.29. The largest absolute Gasteiger partial charge is 0.481 e. The molecule has 0 aliphatic heterocycles. The minimum absolute atomic E-state index is 0.221. The summed E-state index contributed by atoms with van der Waals surface area (Å²) >= 11 is 6.07. The molecule has 24 heavy (non-hydrogen) atoms. The molecule has 0 saturated carbocycles. The number of nitrogens with one attached hydrogen (secondary N) is 1. The molecule has 0 radical (unpaired) electrons. The third-order valence-corrected chi connectivity index (χ3v) is 4.60. The summed E-state index contributed by atoms with van der Waals surface area (Å²) in [5.74, 6) is -2.22. The molecule has 2 atom stereocenters. The first-order valence-electron chi connectivity index (χ1n) is 7.73. The first-order chi connectivity index (χ1) is 11.4. The van der Waals surface area contributed by atoms with Crippen LogP contribution in [0.4, 0.5) is 5.69 Å². The van der Waals surface area contributed by atoms with Crippen LogP contribution in [0.3, 0.4) is 0 Å². The van der Waals surface area contributed by atoms with Gasteiger partial charge in [-0.3, -0.25) is 9.59 Å². The fraction of sp³-hybridized carbons (Fsp3) is 0.263. The quantitative estimate of drug-likeness (QED) is 0.811. The van der Waals surface area contributed by atoms with E-state index < -0.39 is 11.9 Å². The molecule has 2 aromatic carbocycles. The summed E-state index contributed by atoms with van der Waals surface area (Å²) in [6, 6.07) is 14.7. The Hall–Kier alpha value is -2.33. The lowest BCUT2D eigenvalue weighted by atomic mass is 9.84. The third kappa shape index (κ3) is 4.36. The number of carbonyl (C=O) groups excluding carboxylic acids is 1. The average Bonchev–Trinajstić information content (AvgIpc) is 2.56. The van der Waals surface area contributed by atoms with Crippen molar-refractivity contribution in [3.8, 4) is 0 Å². The number of carboxylic acid groups (broad SMARTS) is 1. The Bertz CT molecular complexity index is 731. The molecule has 0 aromatic heterocycles. The molecular weight excluding hydrogens is 326 g/mol. The highest BCUT2D eigenvalue weighted by atomic mass is 35.5. The number of rotatable bonds is 6. The van der Waals surface area contributed by atoms with Gasteiger partial charge in [0.25, 0.3) is 0 Å². The minimum atomic E-state index is -0.999. The molecule has 0 fully saturated rings. The maximum absolute atomic E-state index is 12.7. The van der Waals surface area contributed by atoms with Gasteiger partial charge in [-0.25, -0.2) is 0 Å². The number of amides is 1. The summed E-state index contributed by atoms with van der Waals surface area (Å²) in [4.78, 5) is 23.9. The van der Waals surface area contributed by atoms with E-state index in [2.05, 4.69) is 5.32 Å². The molecule has 5 heteroatoms. The topological polar surface area (TPSA) is 66.4 Å². The van der Waals surface area contributed by atoms with E-state index in [4.69, 9.17) is 11.6 Å². The summed E-state index contributed by atoms with van der Waals surface area (Å²) in [5.41, 5.74) is 2.29. The first-order valence-corrected chi connectivity index (χ1v) is 8.10. The second kappa shape index (κ2) is 7.97. The summed E-state index contributed by atoms with van der Waals surface area (Å²) < 4.78 is 0. The Balaban J connectivity index is 2.25. The molecule has 4 nitrogen and oxygen atoms in total. The Morgan fingerprint density at radius 2 is 1.79 bits per heavy atom. The molecule has 0 aliphatic rings. The first kappa shape index (κ1) is 18.0. The van der Waals surface area contributed by atoms with Crippen LogP contribution >= 0.6 is 11.6 Å². The molecule has 0 bridgehead atoms. The number of halogens is 1. The van der Waals surface area contributed by atoms with Crippen LogP contribution in [0.2, 0.25) is 5.02 Å². The van der Waals surface area contributed by atoms with E-state index in [9.17, 15) is 14.7 Å². The second-order valence-corrected chi connectivity index (χ2v) is 6.21. The van der Waals surface area contributed by atoms with E-state index in [1.165, 1.54) is 0 Å². The SMILES string of the molecule is Cc1c(Cl)cccc1NC(=O)C(CC(=O)O)C(C)c1ccccc1. The van der Waals surface area contributed by atoms with Crippen molar-refractivity contribution in [2.24, 2.45) is 5.92 Å². The lowest BCUT2D eigenvalue weighted by Crippen LogP contribution is -2.29. The summed E-state index contributed by atoms with van der Waals surface area (Å²) in [6.07, 6.45) is -0.235. The maximum atomic E-state index is 12.7. The maximum Gasteiger partial charge on any atom is 0.304 e. The van der Waals surface area contributed by atoms with E-state index in [0.29, 0.717) is 10.7 Å². The van der Waals surface area contributed by atoms with Gasteiger partial charge in [-0.15, -0.1) is 0 Å². The molecule has 2 N–H and O–H groups in total. The van der Waals surface area contributed by atoms with Crippen molar-refractivity contribution in [3.05, 3.63) is 64.7 Å². The van der Waals surface area contributed by atoms with Gasteiger partial charge in [0.05, 0.1) is 12.3 Å². The van der Waals surface area contributed by atoms with Gasteiger partial charge >= 0.3 is 5.97 Å². The molecule has 2 rings (SSSR count). The molecule has 1 amide bonds. The molecule has 2 unspecified atom stereocenters. The van der Waals surface area contributed by atoms with Crippen LogP contribution in [-0.2, 0) is 9.59 Å². The van der Waals surface area contributed by atoms with Crippen molar-refractivity contribution >= 4 is 29.2 Å². The number of anilines is 1. The Labute approximate surface area is 146 Å². The average molecular weight is 346 g/mol. The molecule has 0 heterocycles. The zero-order valence-electron chi connectivity index (χ0n) is 13.6. The fourth-order valence-electron chi connectivity index (χ4n) is 2.64. The normalized spacial score (nSPS) is 13.1. The Morgan fingerprint density at radius 3 is 2.42 bits per heavy atom. The summed E-state index contributed by atoms with van der Waals surface area (Å²) in [5, 5.41) is 12.6. The minimum Gasteiger partial charge on any atom is -0.481 e.